The van der Waals surface area contributed by atoms with Gasteiger partial charge in [-0.05, 0) is 50.7 Å². The number of ether oxygens (including phenoxy) is 4. The van der Waals surface area contributed by atoms with E-state index in [1.165, 1.54) is 0 Å². The van der Waals surface area contributed by atoms with Crippen LogP contribution in [0.2, 0.25) is 19.6 Å². The summed E-state index contributed by atoms with van der Waals surface area (Å²) in [7, 11) is -1.97. The summed E-state index contributed by atoms with van der Waals surface area (Å²) < 4.78 is 32.7. The van der Waals surface area contributed by atoms with Gasteiger partial charge >= 0.3 is 0 Å². The molecule has 4 saturated heterocycles. The molecule has 4 heterocycles. The summed E-state index contributed by atoms with van der Waals surface area (Å²) in [5, 5.41) is 0. The predicted octanol–water partition coefficient (Wildman–Crippen LogP) is 3.18. The average molecular weight is 583 g/mol. The minimum Gasteiger partial charge on any atom is -0.410 e. The Morgan fingerprint density at radius 3 is 2.56 bits per heavy atom. The van der Waals surface area contributed by atoms with Crippen molar-refractivity contribution in [2.24, 2.45) is 28.1 Å². The Balaban J connectivity index is 1.26. The second kappa shape index (κ2) is 6.67. The Hall–Kier alpha value is -0.363. The van der Waals surface area contributed by atoms with Crippen molar-refractivity contribution in [3.05, 3.63) is 0 Å². The molecule has 198 valence electrons. The molecule has 0 aromatic heterocycles. The van der Waals surface area contributed by atoms with Crippen LogP contribution in [0, 0.1) is 28.1 Å². The maximum atomic E-state index is 14.6. The molecule has 11 atom stereocenters. The first-order valence-corrected chi connectivity index (χ1v) is 18.0. The van der Waals surface area contributed by atoms with Gasteiger partial charge in [-0.1, -0.05) is 22.9 Å². The third-order valence-corrected chi connectivity index (χ3v) is 14.2. The molecule has 9 rings (SSSR count). The number of hydrogen-bond acceptors (Lipinski definition) is 7. The molecule has 10 unspecified atom stereocenters. The lowest BCUT2D eigenvalue weighted by molar-refractivity contribution is -0.442. The van der Waals surface area contributed by atoms with Gasteiger partial charge in [0.1, 0.15) is 5.78 Å². The van der Waals surface area contributed by atoms with Crippen LogP contribution in [0.1, 0.15) is 45.4 Å². The molecule has 5 aliphatic carbocycles. The fourth-order valence-corrected chi connectivity index (χ4v) is 13.8. The molecule has 0 aromatic carbocycles. The normalized spacial score (nSPS) is 57.4. The predicted molar refractivity (Wildman–Crippen MR) is 132 cm³/mol. The topological polar surface area (TPSA) is 83.5 Å². The number of alkyl halides is 1. The summed E-state index contributed by atoms with van der Waals surface area (Å²) in [6.07, 6.45) is 4.53. The molecule has 1 amide bonds. The smallest absolute Gasteiger partial charge is 0.243 e. The first-order valence-electron chi connectivity index (χ1n) is 13.7. The first-order chi connectivity index (χ1) is 17.0. The minimum absolute atomic E-state index is 0.0218. The summed E-state index contributed by atoms with van der Waals surface area (Å²) in [6, 6.07) is -0.0785. The molecular weight excluding hydrogens is 546 g/mol. The van der Waals surface area contributed by atoms with Gasteiger partial charge < -0.3 is 23.4 Å². The summed E-state index contributed by atoms with van der Waals surface area (Å²) in [6.45, 7) is 10.0. The zero-order valence-electron chi connectivity index (χ0n) is 21.5. The lowest BCUT2D eigenvalue weighted by Crippen LogP contribution is -2.82. The van der Waals surface area contributed by atoms with E-state index in [9.17, 15) is 9.59 Å². The van der Waals surface area contributed by atoms with Gasteiger partial charge in [-0.2, -0.15) is 0 Å². The fraction of sp³-hybridized carbons (Fsp3) is 0.923. The number of carbonyl (C=O) groups excluding carboxylic acids is 2. The van der Waals surface area contributed by atoms with E-state index in [2.05, 4.69) is 42.5 Å². The lowest BCUT2D eigenvalue weighted by Gasteiger charge is -2.70. The van der Waals surface area contributed by atoms with E-state index in [1.807, 2.05) is 0 Å². The van der Waals surface area contributed by atoms with Gasteiger partial charge in [0.2, 0.25) is 12.8 Å². The number of nitrogens with zero attached hydrogens (tertiary/aromatic N) is 1. The number of amides is 1. The average Bonchev–Trinajstić information content (AvgIpc) is 3.10. The molecule has 10 heteroatoms. The van der Waals surface area contributed by atoms with Crippen LogP contribution in [0.4, 0.5) is 0 Å². The van der Waals surface area contributed by atoms with Gasteiger partial charge in [-0.15, -0.1) is 0 Å². The summed E-state index contributed by atoms with van der Waals surface area (Å²) in [4.78, 5) is 28.4. The highest BCUT2D eigenvalue weighted by Gasteiger charge is 2.98. The maximum Gasteiger partial charge on any atom is 0.243 e. The highest BCUT2D eigenvalue weighted by atomic mass is 79.9. The van der Waals surface area contributed by atoms with Crippen LogP contribution in [0.3, 0.4) is 0 Å². The van der Waals surface area contributed by atoms with Crippen molar-refractivity contribution < 1.29 is 33.0 Å². The number of fused-ring (bicyclic) bond motifs is 3. The van der Waals surface area contributed by atoms with Crippen molar-refractivity contribution >= 4 is 36.4 Å². The first kappa shape index (κ1) is 23.5. The molecular formula is C26H36BrNO7Si. The number of Topliss-reactive ketones (excluding diaryl/α,β-unsaturated/α-hetero) is 1. The molecule has 9 fully saturated rings. The van der Waals surface area contributed by atoms with Gasteiger partial charge in [0.25, 0.3) is 0 Å². The van der Waals surface area contributed by atoms with Crippen LogP contribution < -0.4 is 0 Å². The molecule has 0 N–H and O–H groups in total. The summed E-state index contributed by atoms with van der Waals surface area (Å²) in [5.41, 5.74) is -1.80. The second-order valence-electron chi connectivity index (χ2n) is 13.9. The molecule has 5 saturated carbocycles. The quantitative estimate of drug-likeness (QED) is 0.287. The molecule has 36 heavy (non-hydrogen) atoms. The van der Waals surface area contributed by atoms with Crippen LogP contribution in [0.15, 0.2) is 0 Å². The van der Waals surface area contributed by atoms with Gasteiger partial charge in [-0.3, -0.25) is 14.5 Å². The number of halogens is 1. The lowest BCUT2D eigenvalue weighted by atomic mass is 9.47. The Kier molecular flexibility index (Phi) is 4.36. The zero-order valence-corrected chi connectivity index (χ0v) is 24.0. The van der Waals surface area contributed by atoms with Gasteiger partial charge in [0, 0.05) is 29.5 Å². The molecule has 4 spiro atoms. The number of hydrogen-bond donors (Lipinski definition) is 0. The van der Waals surface area contributed by atoms with E-state index in [-0.39, 0.29) is 34.4 Å². The number of ketones is 1. The molecule has 9 aliphatic rings. The molecule has 4 aliphatic heterocycles. The second-order valence-corrected chi connectivity index (χ2v) is 19.2. The largest absolute Gasteiger partial charge is 0.410 e. The Morgan fingerprint density at radius 1 is 1.14 bits per heavy atom. The maximum absolute atomic E-state index is 14.6. The Bertz CT molecular complexity index is 1060. The monoisotopic (exact) mass is 581 g/mol. The third kappa shape index (κ3) is 2.20. The molecule has 8 nitrogen and oxygen atoms in total. The third-order valence-electron chi connectivity index (χ3n) is 11.8. The minimum atomic E-state index is -1.97. The van der Waals surface area contributed by atoms with Crippen molar-refractivity contribution in [2.45, 2.75) is 106 Å². The van der Waals surface area contributed by atoms with Crippen molar-refractivity contribution in [3.63, 3.8) is 0 Å². The van der Waals surface area contributed by atoms with Crippen molar-refractivity contribution in [1.29, 1.82) is 0 Å². The van der Waals surface area contributed by atoms with E-state index in [0.717, 1.165) is 32.1 Å². The van der Waals surface area contributed by atoms with Crippen LogP contribution in [-0.4, -0.2) is 79.5 Å². The Labute approximate surface area is 221 Å². The van der Waals surface area contributed by atoms with Gasteiger partial charge in [0.05, 0.1) is 47.9 Å². The number of carbonyl (C=O) groups is 2. The highest BCUT2D eigenvalue weighted by molar-refractivity contribution is 9.09. The van der Waals surface area contributed by atoms with Gasteiger partial charge in [0.15, 0.2) is 14.1 Å². The summed E-state index contributed by atoms with van der Waals surface area (Å²) >= 11 is 4.12. The van der Waals surface area contributed by atoms with E-state index in [1.54, 1.807) is 4.90 Å². The molecule has 0 aromatic rings. The SMILES string of the molecule is CC12CC(=O)C34C(CCC56CC7C(O[Si](C)(C)C)C(OC(O5)N7C=O)C63[C@@H]4Br)C1CCC21OCCO1. The van der Waals surface area contributed by atoms with Crippen LogP contribution in [0.5, 0.6) is 0 Å². The van der Waals surface area contributed by atoms with Gasteiger partial charge in [-0.25, -0.2) is 0 Å². The van der Waals surface area contributed by atoms with Crippen LogP contribution >= 0.6 is 15.9 Å². The van der Waals surface area contributed by atoms with E-state index < -0.39 is 36.9 Å². The fourth-order valence-electron chi connectivity index (χ4n) is 10.8. The van der Waals surface area contributed by atoms with Crippen molar-refractivity contribution in [1.82, 2.24) is 4.90 Å². The van der Waals surface area contributed by atoms with Crippen molar-refractivity contribution in [2.75, 3.05) is 13.2 Å². The Morgan fingerprint density at radius 2 is 1.86 bits per heavy atom. The van der Waals surface area contributed by atoms with Crippen LogP contribution in [-0.2, 0) is 33.0 Å². The van der Waals surface area contributed by atoms with E-state index in [0.29, 0.717) is 37.8 Å². The zero-order chi connectivity index (χ0) is 25.1. The molecule has 0 radical (unpaired) electrons. The summed E-state index contributed by atoms with van der Waals surface area (Å²) in [5.74, 6) is 0.264. The number of rotatable bonds is 3. The van der Waals surface area contributed by atoms with E-state index in [4.69, 9.17) is 23.4 Å². The van der Waals surface area contributed by atoms with Crippen molar-refractivity contribution in [3.8, 4) is 0 Å². The highest BCUT2D eigenvalue weighted by Crippen LogP contribution is 2.89. The standard InChI is InChI=1S/C26H36BrNO7Si/c1-22-12-17(30)25-15(14(22)6-8-24(22)31-9-10-32-24)5-7-23-11-16-18(35-36(2,3)4)19(26(23,25)20(25)27)33-21(34-23)28(16)13-29/h13-16,18-21H,5-12H2,1-4H3/t14?,15?,16?,18?,19?,20-,21?,22?,23?,25?,26?/m1/s1. The van der Waals surface area contributed by atoms with E-state index >= 15 is 0 Å². The molecule has 4 bridgehead atoms. The van der Waals surface area contributed by atoms with Crippen LogP contribution in [0.25, 0.3) is 0 Å².